The molecule has 1 unspecified atom stereocenters. The zero-order valence-electron chi connectivity index (χ0n) is 12.9. The number of halogens is 1. The Kier molecular flexibility index (Phi) is 5.94. The number of hydrogen-bond donors (Lipinski definition) is 1. The highest BCUT2D eigenvalue weighted by atomic mass is 79.9. The number of aromatic nitrogens is 3. The first kappa shape index (κ1) is 16.2. The number of aryl methyl sites for hydroxylation is 2. The minimum atomic E-state index is 0.241. The fraction of sp³-hybridized carbons (Fsp3) is 0.500. The van der Waals surface area contributed by atoms with E-state index in [4.69, 9.17) is 0 Å². The molecule has 1 heterocycles. The molecule has 0 saturated carbocycles. The standard InChI is InChI=1S/C16H23BrN4/c1-4-8-21-16(19-11-20-21)10-15(18-5-2)13-7-6-12(3)9-14(13)17/h6-7,9,11,15,18H,4-5,8,10H2,1-3H3. The second-order valence-corrected chi connectivity index (χ2v) is 6.09. The average molecular weight is 351 g/mol. The van der Waals surface area contributed by atoms with Crippen molar-refractivity contribution in [2.24, 2.45) is 0 Å². The van der Waals surface area contributed by atoms with Gasteiger partial charge < -0.3 is 5.32 Å². The zero-order valence-corrected chi connectivity index (χ0v) is 14.5. The SMILES string of the molecule is CCCn1ncnc1CC(NCC)c1ccc(C)cc1Br. The van der Waals surface area contributed by atoms with Gasteiger partial charge in [-0.05, 0) is 37.1 Å². The van der Waals surface area contributed by atoms with E-state index in [1.54, 1.807) is 6.33 Å². The first-order valence-electron chi connectivity index (χ1n) is 7.51. The summed E-state index contributed by atoms with van der Waals surface area (Å²) in [6.45, 7) is 8.24. The number of nitrogens with zero attached hydrogens (tertiary/aromatic N) is 3. The van der Waals surface area contributed by atoms with Crippen molar-refractivity contribution in [1.29, 1.82) is 0 Å². The predicted molar refractivity (Wildman–Crippen MR) is 89.3 cm³/mol. The molecule has 114 valence electrons. The monoisotopic (exact) mass is 350 g/mol. The Bertz CT molecular complexity index is 579. The maximum Gasteiger partial charge on any atom is 0.138 e. The largest absolute Gasteiger partial charge is 0.310 e. The Morgan fingerprint density at radius 2 is 2.14 bits per heavy atom. The topological polar surface area (TPSA) is 42.7 Å². The van der Waals surface area contributed by atoms with E-state index in [0.29, 0.717) is 0 Å². The fourth-order valence-electron chi connectivity index (χ4n) is 2.48. The third-order valence-electron chi connectivity index (χ3n) is 3.50. The Labute approximate surface area is 135 Å². The highest BCUT2D eigenvalue weighted by molar-refractivity contribution is 9.10. The lowest BCUT2D eigenvalue weighted by molar-refractivity contribution is 0.497. The number of rotatable bonds is 7. The third-order valence-corrected chi connectivity index (χ3v) is 4.19. The average Bonchev–Trinajstić information content (AvgIpc) is 2.86. The highest BCUT2D eigenvalue weighted by Gasteiger charge is 2.17. The molecule has 2 aromatic rings. The van der Waals surface area contributed by atoms with Crippen molar-refractivity contribution in [3.05, 3.63) is 46.0 Å². The normalized spacial score (nSPS) is 12.6. The van der Waals surface area contributed by atoms with Gasteiger partial charge in [0.1, 0.15) is 12.2 Å². The van der Waals surface area contributed by atoms with Crippen LogP contribution < -0.4 is 5.32 Å². The molecule has 0 fully saturated rings. The Morgan fingerprint density at radius 1 is 1.33 bits per heavy atom. The van der Waals surface area contributed by atoms with Crippen molar-refractivity contribution < 1.29 is 0 Å². The summed E-state index contributed by atoms with van der Waals surface area (Å²) in [4.78, 5) is 4.43. The number of nitrogens with one attached hydrogen (secondary N) is 1. The first-order chi connectivity index (χ1) is 10.2. The minimum Gasteiger partial charge on any atom is -0.310 e. The molecule has 0 radical (unpaired) electrons. The van der Waals surface area contributed by atoms with Crippen molar-refractivity contribution in [3.63, 3.8) is 0 Å². The third kappa shape index (κ3) is 4.14. The molecule has 5 heteroatoms. The number of hydrogen-bond acceptors (Lipinski definition) is 3. The Hall–Kier alpha value is -1.20. The number of likely N-dealkylation sites (N-methyl/N-ethyl adjacent to an activating group) is 1. The van der Waals surface area contributed by atoms with Gasteiger partial charge in [0.2, 0.25) is 0 Å². The van der Waals surface area contributed by atoms with Crippen molar-refractivity contribution in [3.8, 4) is 0 Å². The molecular weight excluding hydrogens is 328 g/mol. The van der Waals surface area contributed by atoms with Crippen molar-refractivity contribution in [1.82, 2.24) is 20.1 Å². The summed E-state index contributed by atoms with van der Waals surface area (Å²) in [7, 11) is 0. The smallest absolute Gasteiger partial charge is 0.138 e. The van der Waals surface area contributed by atoms with Crippen LogP contribution in [0.3, 0.4) is 0 Å². The van der Waals surface area contributed by atoms with Gasteiger partial charge in [0.05, 0.1) is 0 Å². The summed E-state index contributed by atoms with van der Waals surface area (Å²) in [6, 6.07) is 6.75. The Balaban J connectivity index is 2.24. The van der Waals surface area contributed by atoms with Crippen LogP contribution in [0.2, 0.25) is 0 Å². The van der Waals surface area contributed by atoms with E-state index in [0.717, 1.165) is 36.2 Å². The van der Waals surface area contributed by atoms with Gasteiger partial charge in [-0.3, -0.25) is 4.68 Å². The van der Waals surface area contributed by atoms with E-state index in [1.165, 1.54) is 11.1 Å². The molecule has 1 aromatic carbocycles. The molecule has 0 aliphatic carbocycles. The van der Waals surface area contributed by atoms with Crippen LogP contribution in [-0.2, 0) is 13.0 Å². The summed E-state index contributed by atoms with van der Waals surface area (Å²) in [6.07, 6.45) is 3.56. The minimum absolute atomic E-state index is 0.241. The van der Waals surface area contributed by atoms with Crippen LogP contribution in [0.4, 0.5) is 0 Å². The van der Waals surface area contributed by atoms with Crippen LogP contribution in [0.25, 0.3) is 0 Å². The maximum atomic E-state index is 4.43. The first-order valence-corrected chi connectivity index (χ1v) is 8.31. The molecule has 1 atom stereocenters. The molecule has 0 saturated heterocycles. The van der Waals surface area contributed by atoms with Gasteiger partial charge in [-0.1, -0.05) is 41.9 Å². The van der Waals surface area contributed by atoms with E-state index in [-0.39, 0.29) is 6.04 Å². The van der Waals surface area contributed by atoms with Gasteiger partial charge in [0.25, 0.3) is 0 Å². The molecule has 0 aliphatic heterocycles. The highest BCUT2D eigenvalue weighted by Crippen LogP contribution is 2.26. The summed E-state index contributed by atoms with van der Waals surface area (Å²) in [5.74, 6) is 1.04. The van der Waals surface area contributed by atoms with Crippen LogP contribution in [-0.4, -0.2) is 21.3 Å². The van der Waals surface area contributed by atoms with E-state index in [9.17, 15) is 0 Å². The van der Waals surface area contributed by atoms with Crippen molar-refractivity contribution in [2.45, 2.75) is 46.2 Å². The maximum absolute atomic E-state index is 4.43. The number of benzene rings is 1. The molecule has 0 aliphatic rings. The van der Waals surface area contributed by atoms with Crippen molar-refractivity contribution in [2.75, 3.05) is 6.54 Å². The van der Waals surface area contributed by atoms with Gasteiger partial charge >= 0.3 is 0 Å². The van der Waals surface area contributed by atoms with E-state index in [1.807, 2.05) is 4.68 Å². The second-order valence-electron chi connectivity index (χ2n) is 5.24. The molecule has 4 nitrogen and oxygen atoms in total. The quantitative estimate of drug-likeness (QED) is 0.828. The van der Waals surface area contributed by atoms with Crippen LogP contribution in [0.5, 0.6) is 0 Å². The van der Waals surface area contributed by atoms with E-state index in [2.05, 4.69) is 70.3 Å². The van der Waals surface area contributed by atoms with E-state index >= 15 is 0 Å². The van der Waals surface area contributed by atoms with E-state index < -0.39 is 0 Å². The molecule has 2 rings (SSSR count). The molecule has 0 spiro atoms. The zero-order chi connectivity index (χ0) is 15.2. The van der Waals surface area contributed by atoms with Crippen LogP contribution in [0.15, 0.2) is 29.0 Å². The predicted octanol–water partition coefficient (Wildman–Crippen LogP) is 3.65. The van der Waals surface area contributed by atoms with Gasteiger partial charge in [-0.15, -0.1) is 0 Å². The Morgan fingerprint density at radius 3 is 2.81 bits per heavy atom. The van der Waals surface area contributed by atoms with Crippen molar-refractivity contribution >= 4 is 15.9 Å². The lowest BCUT2D eigenvalue weighted by Gasteiger charge is -2.20. The summed E-state index contributed by atoms with van der Waals surface area (Å²) in [5.41, 5.74) is 2.53. The van der Waals surface area contributed by atoms with Crippen LogP contribution >= 0.6 is 15.9 Å². The van der Waals surface area contributed by atoms with Gasteiger partial charge in [0, 0.05) is 23.5 Å². The second kappa shape index (κ2) is 7.71. The summed E-state index contributed by atoms with van der Waals surface area (Å²) < 4.78 is 3.15. The molecule has 0 bridgehead atoms. The lowest BCUT2D eigenvalue weighted by Crippen LogP contribution is -2.25. The molecule has 21 heavy (non-hydrogen) atoms. The van der Waals surface area contributed by atoms with Gasteiger partial charge in [0.15, 0.2) is 0 Å². The van der Waals surface area contributed by atoms with Gasteiger partial charge in [-0.25, -0.2) is 4.98 Å². The fourth-order valence-corrected chi connectivity index (χ4v) is 3.25. The van der Waals surface area contributed by atoms with Gasteiger partial charge in [-0.2, -0.15) is 5.10 Å². The molecule has 1 N–H and O–H groups in total. The summed E-state index contributed by atoms with van der Waals surface area (Å²) >= 11 is 3.69. The lowest BCUT2D eigenvalue weighted by atomic mass is 10.0. The van der Waals surface area contributed by atoms with Crippen LogP contribution in [0.1, 0.15) is 43.3 Å². The summed E-state index contributed by atoms with van der Waals surface area (Å²) in [5, 5.41) is 7.87. The molecular formula is C16H23BrN4. The molecule has 1 aromatic heterocycles. The molecule has 0 amide bonds. The van der Waals surface area contributed by atoms with Crippen LogP contribution in [0, 0.1) is 6.92 Å².